The number of carbonyl (C=O) groups excluding carboxylic acids is 1. The van der Waals surface area contributed by atoms with Crippen LogP contribution in [0.1, 0.15) is 20.8 Å². The lowest BCUT2D eigenvalue weighted by Gasteiger charge is -2.18. The van der Waals surface area contributed by atoms with Crippen LogP contribution in [0.4, 0.5) is 4.39 Å². The van der Waals surface area contributed by atoms with E-state index in [9.17, 15) is 17.6 Å². The van der Waals surface area contributed by atoms with E-state index < -0.39 is 32.1 Å². The van der Waals surface area contributed by atoms with Crippen molar-refractivity contribution >= 4 is 15.8 Å². The zero-order valence-electron chi connectivity index (χ0n) is 9.20. The van der Waals surface area contributed by atoms with Crippen molar-refractivity contribution in [1.29, 1.82) is 0 Å². The Hall–Kier alpha value is -0.910. The molecule has 0 saturated carbocycles. The standard InChI is InChI=1S/C9H15FO4S/c1-9(2,3)15(12,13)6-7(10)5-8(11)14-4/h5H,6H2,1-4H3. The number of hydrogen-bond acceptors (Lipinski definition) is 4. The number of carbonyl (C=O) groups is 1. The third-order valence-corrected chi connectivity index (χ3v) is 4.26. The summed E-state index contributed by atoms with van der Waals surface area (Å²) in [5.74, 6) is -2.71. The Bertz CT molecular complexity index is 362. The van der Waals surface area contributed by atoms with Gasteiger partial charge in [0, 0.05) is 0 Å². The van der Waals surface area contributed by atoms with E-state index in [1.54, 1.807) is 0 Å². The van der Waals surface area contributed by atoms with Crippen LogP contribution in [-0.4, -0.2) is 32.0 Å². The SMILES string of the molecule is COC(=O)C=C(F)CS(=O)(=O)C(C)(C)C. The fraction of sp³-hybridized carbons (Fsp3) is 0.667. The van der Waals surface area contributed by atoms with E-state index in [0.29, 0.717) is 6.08 Å². The molecule has 0 radical (unpaired) electrons. The van der Waals surface area contributed by atoms with E-state index in [-0.39, 0.29) is 0 Å². The molecule has 0 heterocycles. The summed E-state index contributed by atoms with van der Waals surface area (Å²) in [5.41, 5.74) is 0. The minimum atomic E-state index is -3.60. The number of hydrogen-bond donors (Lipinski definition) is 0. The quantitative estimate of drug-likeness (QED) is 0.548. The maximum absolute atomic E-state index is 13.0. The second-order valence-electron chi connectivity index (χ2n) is 3.99. The molecule has 0 aromatic carbocycles. The summed E-state index contributed by atoms with van der Waals surface area (Å²) in [5, 5.41) is 0. The van der Waals surface area contributed by atoms with Gasteiger partial charge in [-0.05, 0) is 20.8 Å². The number of esters is 1. The molecule has 0 spiro atoms. The van der Waals surface area contributed by atoms with Crippen molar-refractivity contribution in [2.75, 3.05) is 12.9 Å². The van der Waals surface area contributed by atoms with Crippen molar-refractivity contribution in [2.45, 2.75) is 25.5 Å². The van der Waals surface area contributed by atoms with Crippen molar-refractivity contribution in [3.8, 4) is 0 Å². The van der Waals surface area contributed by atoms with E-state index in [1.807, 2.05) is 0 Å². The van der Waals surface area contributed by atoms with Gasteiger partial charge in [0.2, 0.25) is 0 Å². The molecule has 0 aliphatic rings. The molecule has 0 unspecified atom stereocenters. The Morgan fingerprint density at radius 1 is 1.40 bits per heavy atom. The summed E-state index contributed by atoms with van der Waals surface area (Å²) in [4.78, 5) is 10.6. The lowest BCUT2D eigenvalue weighted by Crippen LogP contribution is -2.30. The molecule has 0 fully saturated rings. The van der Waals surface area contributed by atoms with Gasteiger partial charge >= 0.3 is 5.97 Å². The second kappa shape index (κ2) is 4.74. The van der Waals surface area contributed by atoms with Gasteiger partial charge in [-0.25, -0.2) is 17.6 Å². The number of ether oxygens (including phenoxy) is 1. The fourth-order valence-corrected chi connectivity index (χ4v) is 1.51. The monoisotopic (exact) mass is 238 g/mol. The summed E-state index contributed by atoms with van der Waals surface area (Å²) < 4.78 is 39.2. The van der Waals surface area contributed by atoms with Crippen LogP contribution in [0.15, 0.2) is 11.9 Å². The Labute approximate surface area is 89.0 Å². The molecule has 0 rings (SSSR count). The molecule has 0 amide bonds. The maximum atomic E-state index is 13.0. The molecule has 0 N–H and O–H groups in total. The molecule has 0 saturated heterocycles. The van der Waals surface area contributed by atoms with Crippen molar-refractivity contribution in [3.63, 3.8) is 0 Å². The average Bonchev–Trinajstić information content (AvgIpc) is 2.00. The molecule has 0 aromatic heterocycles. The normalized spacial score (nSPS) is 13.8. The van der Waals surface area contributed by atoms with Crippen LogP contribution in [0.2, 0.25) is 0 Å². The van der Waals surface area contributed by atoms with Crippen molar-refractivity contribution in [2.24, 2.45) is 0 Å². The number of rotatable bonds is 3. The van der Waals surface area contributed by atoms with Gasteiger partial charge in [0.15, 0.2) is 9.84 Å². The van der Waals surface area contributed by atoms with Gasteiger partial charge in [-0.3, -0.25) is 0 Å². The van der Waals surface area contributed by atoms with Gasteiger partial charge < -0.3 is 4.74 Å². The molecule has 0 aromatic rings. The lowest BCUT2D eigenvalue weighted by molar-refractivity contribution is -0.134. The first-order valence-electron chi connectivity index (χ1n) is 4.26. The Kier molecular flexibility index (Phi) is 4.45. The predicted molar refractivity (Wildman–Crippen MR) is 54.7 cm³/mol. The van der Waals surface area contributed by atoms with Crippen molar-refractivity contribution in [3.05, 3.63) is 11.9 Å². The van der Waals surface area contributed by atoms with Crippen molar-refractivity contribution in [1.82, 2.24) is 0 Å². The van der Waals surface area contributed by atoms with Gasteiger partial charge in [0.25, 0.3) is 0 Å². The Morgan fingerprint density at radius 2 is 1.87 bits per heavy atom. The largest absolute Gasteiger partial charge is 0.466 e. The molecule has 0 aliphatic heterocycles. The van der Waals surface area contributed by atoms with Crippen LogP contribution in [0.5, 0.6) is 0 Å². The highest BCUT2D eigenvalue weighted by Gasteiger charge is 2.30. The van der Waals surface area contributed by atoms with Gasteiger partial charge in [-0.15, -0.1) is 0 Å². The molecule has 15 heavy (non-hydrogen) atoms. The third kappa shape index (κ3) is 4.42. The summed E-state index contributed by atoms with van der Waals surface area (Å²) in [6.07, 6.45) is 0.531. The topological polar surface area (TPSA) is 60.4 Å². The Balaban J connectivity index is 4.78. The minimum Gasteiger partial charge on any atom is -0.466 e. The molecule has 0 atom stereocenters. The summed E-state index contributed by atoms with van der Waals surface area (Å²) in [7, 11) is -2.51. The van der Waals surface area contributed by atoms with Gasteiger partial charge in [-0.1, -0.05) is 0 Å². The minimum absolute atomic E-state index is 0.531. The van der Waals surface area contributed by atoms with Gasteiger partial charge in [0.1, 0.15) is 11.6 Å². The molecule has 0 bridgehead atoms. The first kappa shape index (κ1) is 14.1. The van der Waals surface area contributed by atoms with Crippen LogP contribution in [0.25, 0.3) is 0 Å². The maximum Gasteiger partial charge on any atom is 0.333 e. The highest BCUT2D eigenvalue weighted by atomic mass is 32.2. The van der Waals surface area contributed by atoms with E-state index in [0.717, 1.165) is 7.11 Å². The fourth-order valence-electron chi connectivity index (χ4n) is 0.627. The molecular formula is C9H15FO4S. The molecule has 6 heteroatoms. The van der Waals surface area contributed by atoms with E-state index >= 15 is 0 Å². The first-order chi connectivity index (χ1) is 6.60. The molecular weight excluding hydrogens is 223 g/mol. The van der Waals surface area contributed by atoms with Crippen LogP contribution >= 0.6 is 0 Å². The summed E-state index contributed by atoms with van der Waals surface area (Å²) >= 11 is 0. The van der Waals surface area contributed by atoms with Crippen LogP contribution in [0.3, 0.4) is 0 Å². The molecule has 4 nitrogen and oxygen atoms in total. The number of methoxy groups -OCH3 is 1. The zero-order valence-corrected chi connectivity index (χ0v) is 10.0. The Morgan fingerprint density at radius 3 is 2.20 bits per heavy atom. The average molecular weight is 238 g/mol. The zero-order chi connectivity index (χ0) is 12.3. The predicted octanol–water partition coefficient (Wildman–Crippen LogP) is 1.23. The summed E-state index contributed by atoms with van der Waals surface area (Å²) in [6.45, 7) is 4.40. The van der Waals surface area contributed by atoms with E-state index in [4.69, 9.17) is 0 Å². The first-order valence-corrected chi connectivity index (χ1v) is 5.91. The summed E-state index contributed by atoms with van der Waals surface area (Å²) in [6, 6.07) is 0. The van der Waals surface area contributed by atoms with Gasteiger partial charge in [0.05, 0.1) is 17.9 Å². The lowest BCUT2D eigenvalue weighted by atomic mass is 10.3. The number of sulfone groups is 1. The highest BCUT2D eigenvalue weighted by Crippen LogP contribution is 2.18. The van der Waals surface area contributed by atoms with Crippen molar-refractivity contribution < 1.29 is 22.3 Å². The van der Waals surface area contributed by atoms with Crippen LogP contribution < -0.4 is 0 Å². The van der Waals surface area contributed by atoms with E-state index in [1.165, 1.54) is 20.8 Å². The molecule has 88 valence electrons. The van der Waals surface area contributed by atoms with E-state index in [2.05, 4.69) is 4.74 Å². The van der Waals surface area contributed by atoms with Gasteiger partial charge in [-0.2, -0.15) is 0 Å². The molecule has 0 aliphatic carbocycles. The van der Waals surface area contributed by atoms with Crippen LogP contribution in [-0.2, 0) is 19.4 Å². The highest BCUT2D eigenvalue weighted by molar-refractivity contribution is 7.92. The second-order valence-corrected chi connectivity index (χ2v) is 6.73. The number of halogens is 1. The van der Waals surface area contributed by atoms with Crippen LogP contribution in [0, 0.1) is 0 Å². The smallest absolute Gasteiger partial charge is 0.333 e. The third-order valence-electron chi connectivity index (χ3n) is 1.74.